The Morgan fingerprint density at radius 2 is 2.04 bits per heavy atom. The number of pyridine rings is 2. The highest BCUT2D eigenvalue weighted by atomic mass is 32.2. The van der Waals surface area contributed by atoms with Crippen LogP contribution in [-0.4, -0.2) is 29.9 Å². The first-order valence-electron chi connectivity index (χ1n) is 8.86. The van der Waals surface area contributed by atoms with E-state index in [-0.39, 0.29) is 0 Å². The third-order valence-corrected chi connectivity index (χ3v) is 5.65. The van der Waals surface area contributed by atoms with Gasteiger partial charge in [-0.1, -0.05) is 30.0 Å². The van der Waals surface area contributed by atoms with Gasteiger partial charge in [-0.25, -0.2) is 19.9 Å². The summed E-state index contributed by atoms with van der Waals surface area (Å²) < 4.78 is 0. The van der Waals surface area contributed by atoms with Gasteiger partial charge in [0.25, 0.3) is 0 Å². The number of hydrogen-bond donors (Lipinski definition) is 1. The molecule has 28 heavy (non-hydrogen) atoms. The van der Waals surface area contributed by atoms with E-state index in [1.165, 1.54) is 0 Å². The normalized spacial score (nSPS) is 11.3. The van der Waals surface area contributed by atoms with E-state index >= 15 is 0 Å². The highest BCUT2D eigenvalue weighted by molar-refractivity contribution is 7.98. The number of fused-ring (bicyclic) bond motifs is 2. The largest absolute Gasteiger partial charge is 0.341 e. The van der Waals surface area contributed by atoms with Gasteiger partial charge >= 0.3 is 0 Å². The average molecular weight is 384 g/mol. The number of hydrogen-bond acceptors (Lipinski definition) is 6. The summed E-state index contributed by atoms with van der Waals surface area (Å²) in [6.45, 7) is 2.09. The molecule has 4 heterocycles. The molecule has 0 unspecified atom stereocenters. The zero-order valence-electron chi connectivity index (χ0n) is 15.1. The molecule has 0 saturated heterocycles. The Hall–Kier alpha value is -3.32. The number of thioether (sulfide) groups is 1. The molecule has 7 heteroatoms. The maximum absolute atomic E-state index is 5.00. The molecule has 0 aliphatic heterocycles. The Morgan fingerprint density at radius 3 is 2.93 bits per heavy atom. The smallest absolute Gasteiger partial charge is 0.181 e. The van der Waals surface area contributed by atoms with E-state index in [1.54, 1.807) is 30.6 Å². The predicted molar refractivity (Wildman–Crippen MR) is 111 cm³/mol. The second-order valence-corrected chi connectivity index (χ2v) is 7.42. The summed E-state index contributed by atoms with van der Waals surface area (Å²) in [5, 5.41) is 2.02. The van der Waals surface area contributed by atoms with Crippen LogP contribution in [0.3, 0.4) is 0 Å². The molecule has 0 spiro atoms. The van der Waals surface area contributed by atoms with Crippen LogP contribution in [0.2, 0.25) is 0 Å². The molecular weight excluding hydrogens is 368 g/mol. The Bertz CT molecular complexity index is 1280. The topological polar surface area (TPSA) is 80.2 Å². The predicted octanol–water partition coefficient (Wildman–Crippen LogP) is 4.56. The first kappa shape index (κ1) is 16.8. The molecular formula is C21H16N6S. The van der Waals surface area contributed by atoms with Gasteiger partial charge in [-0.3, -0.25) is 4.98 Å². The molecule has 1 aromatic carbocycles. The van der Waals surface area contributed by atoms with E-state index in [2.05, 4.69) is 56.1 Å². The number of aromatic nitrogens is 6. The molecule has 0 radical (unpaired) electrons. The second-order valence-electron chi connectivity index (χ2n) is 6.45. The lowest BCUT2D eigenvalue weighted by Gasteiger charge is -2.12. The summed E-state index contributed by atoms with van der Waals surface area (Å²) in [7, 11) is 0. The molecule has 4 aromatic heterocycles. The Balaban J connectivity index is 1.60. The second kappa shape index (κ2) is 7.01. The molecule has 0 bridgehead atoms. The van der Waals surface area contributed by atoms with Gasteiger partial charge in [-0.2, -0.15) is 0 Å². The van der Waals surface area contributed by atoms with Crippen molar-refractivity contribution in [2.75, 3.05) is 0 Å². The summed E-state index contributed by atoms with van der Waals surface area (Å²) in [6.07, 6.45) is 6.83. The average Bonchev–Trinajstić information content (AvgIpc) is 3.22. The van der Waals surface area contributed by atoms with Crippen LogP contribution < -0.4 is 0 Å². The standard InChI is InChI=1S/C21H16N6S/c1-13-4-2-5-14-8-16(18(27-17(13)14)15-6-3-7-22-9-15)10-28-21-19-20(24-11-23-19)25-12-26-21/h2-9,11-12H,10H2,1H3,(H,23,24,25,26). The minimum absolute atomic E-state index is 0.678. The van der Waals surface area contributed by atoms with Gasteiger partial charge in [-0.15, -0.1) is 0 Å². The van der Waals surface area contributed by atoms with E-state index in [0.29, 0.717) is 5.65 Å². The zero-order chi connectivity index (χ0) is 18.9. The highest BCUT2D eigenvalue weighted by Gasteiger charge is 2.13. The molecule has 5 rings (SSSR count). The SMILES string of the molecule is Cc1cccc2cc(CSc3ncnc4nc[nH]c34)c(-c3cccnc3)nc12. The van der Waals surface area contributed by atoms with Crippen LogP contribution in [-0.2, 0) is 5.75 Å². The summed E-state index contributed by atoms with van der Waals surface area (Å²) >= 11 is 1.65. The van der Waals surface area contributed by atoms with Crippen molar-refractivity contribution >= 4 is 33.8 Å². The fraction of sp³-hybridized carbons (Fsp3) is 0.0952. The molecule has 0 aliphatic carbocycles. The summed E-state index contributed by atoms with van der Waals surface area (Å²) in [4.78, 5) is 25.2. The molecule has 0 atom stereocenters. The fourth-order valence-electron chi connectivity index (χ4n) is 3.25. The monoisotopic (exact) mass is 384 g/mol. The van der Waals surface area contributed by atoms with E-state index in [0.717, 1.165) is 49.6 Å². The lowest BCUT2D eigenvalue weighted by atomic mass is 10.0. The molecule has 136 valence electrons. The van der Waals surface area contributed by atoms with Gasteiger partial charge < -0.3 is 4.98 Å². The molecule has 0 fully saturated rings. The Kier molecular flexibility index (Phi) is 4.21. The summed E-state index contributed by atoms with van der Waals surface area (Å²) in [5.74, 6) is 0.728. The number of nitrogens with zero attached hydrogens (tertiary/aromatic N) is 5. The van der Waals surface area contributed by atoms with Crippen molar-refractivity contribution in [1.29, 1.82) is 0 Å². The van der Waals surface area contributed by atoms with Crippen LogP contribution in [0.4, 0.5) is 0 Å². The number of aryl methyl sites for hydroxylation is 1. The van der Waals surface area contributed by atoms with Crippen molar-refractivity contribution in [3.8, 4) is 11.3 Å². The van der Waals surface area contributed by atoms with Crippen molar-refractivity contribution in [2.24, 2.45) is 0 Å². The van der Waals surface area contributed by atoms with Crippen molar-refractivity contribution in [2.45, 2.75) is 17.7 Å². The van der Waals surface area contributed by atoms with E-state index in [9.17, 15) is 0 Å². The number of rotatable bonds is 4. The van der Waals surface area contributed by atoms with Crippen molar-refractivity contribution < 1.29 is 0 Å². The van der Waals surface area contributed by atoms with Gasteiger partial charge in [0.2, 0.25) is 0 Å². The number of benzene rings is 1. The van der Waals surface area contributed by atoms with Gasteiger partial charge in [0.1, 0.15) is 16.9 Å². The van der Waals surface area contributed by atoms with Crippen LogP contribution in [0.5, 0.6) is 0 Å². The molecule has 0 aliphatic rings. The maximum atomic E-state index is 5.00. The van der Waals surface area contributed by atoms with Gasteiger partial charge in [0.15, 0.2) is 5.65 Å². The quantitative estimate of drug-likeness (QED) is 0.361. The first-order chi connectivity index (χ1) is 13.8. The number of imidazole rings is 1. The Morgan fingerprint density at radius 1 is 1.07 bits per heavy atom. The van der Waals surface area contributed by atoms with Crippen LogP contribution in [0.15, 0.2) is 66.5 Å². The van der Waals surface area contributed by atoms with Crippen LogP contribution in [0, 0.1) is 6.92 Å². The minimum atomic E-state index is 0.678. The molecule has 0 saturated carbocycles. The zero-order valence-corrected chi connectivity index (χ0v) is 15.9. The maximum Gasteiger partial charge on any atom is 0.181 e. The summed E-state index contributed by atoms with van der Waals surface area (Å²) in [5.41, 5.74) is 6.83. The highest BCUT2D eigenvalue weighted by Crippen LogP contribution is 2.32. The van der Waals surface area contributed by atoms with Crippen LogP contribution in [0.25, 0.3) is 33.3 Å². The van der Waals surface area contributed by atoms with Crippen LogP contribution in [0.1, 0.15) is 11.1 Å². The van der Waals surface area contributed by atoms with Gasteiger partial charge in [-0.05, 0) is 36.2 Å². The number of aromatic amines is 1. The third kappa shape index (κ3) is 2.99. The summed E-state index contributed by atoms with van der Waals surface area (Å²) in [6, 6.07) is 12.5. The van der Waals surface area contributed by atoms with E-state index < -0.39 is 0 Å². The molecule has 0 amide bonds. The van der Waals surface area contributed by atoms with Gasteiger partial charge in [0, 0.05) is 29.1 Å². The molecule has 1 N–H and O–H groups in total. The van der Waals surface area contributed by atoms with Crippen molar-refractivity contribution in [3.63, 3.8) is 0 Å². The van der Waals surface area contributed by atoms with E-state index in [1.807, 2.05) is 18.3 Å². The number of nitrogens with one attached hydrogen (secondary N) is 1. The fourth-order valence-corrected chi connectivity index (χ4v) is 4.18. The van der Waals surface area contributed by atoms with Gasteiger partial charge in [0.05, 0.1) is 17.5 Å². The first-order valence-corrected chi connectivity index (χ1v) is 9.85. The Labute approximate surface area is 165 Å². The van der Waals surface area contributed by atoms with Crippen molar-refractivity contribution in [3.05, 3.63) is 72.6 Å². The number of para-hydroxylation sites is 1. The van der Waals surface area contributed by atoms with Crippen LogP contribution >= 0.6 is 11.8 Å². The van der Waals surface area contributed by atoms with Crippen molar-refractivity contribution in [1.82, 2.24) is 29.9 Å². The molecule has 6 nitrogen and oxygen atoms in total. The molecule has 5 aromatic rings. The number of H-pyrrole nitrogens is 1. The van der Waals surface area contributed by atoms with E-state index in [4.69, 9.17) is 4.98 Å². The third-order valence-electron chi connectivity index (χ3n) is 4.61. The minimum Gasteiger partial charge on any atom is -0.341 e. The lowest BCUT2D eigenvalue weighted by Crippen LogP contribution is -1.96. The lowest BCUT2D eigenvalue weighted by molar-refractivity contribution is 1.08.